The van der Waals surface area contributed by atoms with Crippen LogP contribution in [-0.2, 0) is 9.47 Å². The molecule has 0 amide bonds. The Hall–Kier alpha value is -2.70. The van der Waals surface area contributed by atoms with E-state index < -0.39 is 6.67 Å². The predicted octanol–water partition coefficient (Wildman–Crippen LogP) is 4.03. The lowest BCUT2D eigenvalue weighted by Crippen LogP contribution is -2.11. The average molecular weight is 400 g/mol. The standard InChI is InChI=1S/C23H28FNO4/c1-25(2)21-8-3-19(4-9-21)5-12-23(26)20-6-10-22(11-7-20)29-18-17-28-16-15-27-14-13-24/h3-12H,13-18H2,1-2H3/b12-5+/i24-1. The highest BCUT2D eigenvalue weighted by molar-refractivity contribution is 6.06. The number of carbonyl (C=O) groups excluding carboxylic acids is 1. The molecule has 0 radical (unpaired) electrons. The highest BCUT2D eigenvalue weighted by Gasteiger charge is 2.03. The van der Waals surface area contributed by atoms with Crippen molar-refractivity contribution in [1.29, 1.82) is 0 Å². The van der Waals surface area contributed by atoms with Crippen LogP contribution in [0.3, 0.4) is 0 Å². The number of rotatable bonds is 13. The molecule has 0 heterocycles. The molecular weight excluding hydrogens is 372 g/mol. The Morgan fingerprint density at radius 1 is 0.897 bits per heavy atom. The van der Waals surface area contributed by atoms with Crippen LogP contribution in [0.15, 0.2) is 54.6 Å². The topological polar surface area (TPSA) is 48.0 Å². The zero-order chi connectivity index (χ0) is 20.9. The van der Waals surface area contributed by atoms with Crippen molar-refractivity contribution in [3.8, 4) is 5.75 Å². The molecular formula is C23H28FNO4. The molecule has 0 saturated carbocycles. The number of nitrogens with zero attached hydrogens (tertiary/aromatic N) is 1. The van der Waals surface area contributed by atoms with Gasteiger partial charge < -0.3 is 19.1 Å². The number of anilines is 1. The number of carbonyl (C=O) groups is 1. The summed E-state index contributed by atoms with van der Waals surface area (Å²) in [4.78, 5) is 14.3. The van der Waals surface area contributed by atoms with Gasteiger partial charge in [0.25, 0.3) is 0 Å². The van der Waals surface area contributed by atoms with Gasteiger partial charge in [-0.25, -0.2) is 4.39 Å². The molecule has 0 aliphatic rings. The first-order chi connectivity index (χ1) is 14.1. The van der Waals surface area contributed by atoms with Crippen molar-refractivity contribution >= 4 is 17.5 Å². The molecule has 2 aromatic rings. The minimum absolute atomic E-state index is 0.0650. The maximum Gasteiger partial charge on any atom is 0.185 e. The van der Waals surface area contributed by atoms with Gasteiger partial charge in [-0.15, -0.1) is 0 Å². The fourth-order valence-electron chi connectivity index (χ4n) is 2.46. The number of halogens is 1. The third-order valence-electron chi connectivity index (χ3n) is 4.07. The molecule has 0 aromatic heterocycles. The Bertz CT molecular complexity index is 757. The molecule has 0 N–H and O–H groups in total. The third-order valence-corrected chi connectivity index (χ3v) is 4.07. The Morgan fingerprint density at radius 2 is 1.52 bits per heavy atom. The van der Waals surface area contributed by atoms with Crippen LogP contribution in [0.2, 0.25) is 0 Å². The number of alkyl halides is 1. The van der Waals surface area contributed by atoms with Crippen molar-refractivity contribution in [2.45, 2.75) is 0 Å². The van der Waals surface area contributed by atoms with Crippen molar-refractivity contribution in [1.82, 2.24) is 0 Å². The molecule has 29 heavy (non-hydrogen) atoms. The van der Waals surface area contributed by atoms with Gasteiger partial charge in [0, 0.05) is 25.3 Å². The summed E-state index contributed by atoms with van der Waals surface area (Å²) in [5.41, 5.74) is 2.68. The van der Waals surface area contributed by atoms with E-state index in [0.717, 1.165) is 11.3 Å². The minimum Gasteiger partial charge on any atom is -0.491 e. The molecule has 0 bridgehead atoms. The molecule has 2 rings (SSSR count). The van der Waals surface area contributed by atoms with E-state index in [9.17, 15) is 9.18 Å². The predicted molar refractivity (Wildman–Crippen MR) is 114 cm³/mol. The molecule has 6 heteroatoms. The third kappa shape index (κ3) is 8.46. The van der Waals surface area contributed by atoms with E-state index in [-0.39, 0.29) is 12.4 Å². The number of hydrogen-bond donors (Lipinski definition) is 0. The van der Waals surface area contributed by atoms with Crippen molar-refractivity contribution in [3.05, 3.63) is 65.7 Å². The number of hydrogen-bond acceptors (Lipinski definition) is 5. The zero-order valence-corrected chi connectivity index (χ0v) is 17.0. The summed E-state index contributed by atoms with van der Waals surface area (Å²) in [5.74, 6) is 0.604. The van der Waals surface area contributed by atoms with Gasteiger partial charge in [-0.1, -0.05) is 18.2 Å². The van der Waals surface area contributed by atoms with Gasteiger partial charge in [-0.3, -0.25) is 4.79 Å². The Morgan fingerprint density at radius 3 is 2.14 bits per heavy atom. The van der Waals surface area contributed by atoms with Gasteiger partial charge in [0.2, 0.25) is 0 Å². The number of ketones is 1. The first-order valence-corrected chi connectivity index (χ1v) is 9.54. The number of allylic oxidation sites excluding steroid dienone is 1. The smallest absolute Gasteiger partial charge is 0.185 e. The molecule has 156 valence electrons. The van der Waals surface area contributed by atoms with Crippen LogP contribution in [0.1, 0.15) is 15.9 Å². The molecule has 0 saturated heterocycles. The maximum atomic E-state index is 12.3. The molecule has 5 nitrogen and oxygen atoms in total. The van der Waals surface area contributed by atoms with Crippen LogP contribution in [0.25, 0.3) is 6.08 Å². The number of ether oxygens (including phenoxy) is 3. The van der Waals surface area contributed by atoms with Crippen molar-refractivity contribution < 1.29 is 23.4 Å². The summed E-state index contributed by atoms with van der Waals surface area (Å²) < 4.78 is 27.7. The number of benzene rings is 2. The van der Waals surface area contributed by atoms with E-state index in [1.807, 2.05) is 43.3 Å². The molecule has 0 fully saturated rings. The lowest BCUT2D eigenvalue weighted by molar-refractivity contribution is 0.0325. The van der Waals surface area contributed by atoms with E-state index >= 15 is 0 Å². The zero-order valence-electron chi connectivity index (χ0n) is 17.0. The van der Waals surface area contributed by atoms with Crippen LogP contribution in [0.4, 0.5) is 10.1 Å². The fourth-order valence-corrected chi connectivity index (χ4v) is 2.46. The minimum atomic E-state index is -0.485. The van der Waals surface area contributed by atoms with Crippen molar-refractivity contribution in [2.75, 3.05) is 58.7 Å². The summed E-state index contributed by atoms with van der Waals surface area (Å²) in [7, 11) is 3.97. The first kappa shape index (κ1) is 22.6. The Kier molecular flexibility index (Phi) is 9.89. The van der Waals surface area contributed by atoms with E-state index in [0.29, 0.717) is 37.7 Å². The first-order valence-electron chi connectivity index (χ1n) is 9.54. The summed E-state index contributed by atoms with van der Waals surface area (Å²) in [6.45, 7) is 1.19. The van der Waals surface area contributed by atoms with Gasteiger partial charge in [0.15, 0.2) is 5.78 Å². The van der Waals surface area contributed by atoms with Gasteiger partial charge in [-0.2, -0.15) is 0 Å². The second-order valence-electron chi connectivity index (χ2n) is 6.47. The van der Waals surface area contributed by atoms with Gasteiger partial charge in [-0.05, 0) is 48.0 Å². The normalized spacial score (nSPS) is 11.0. The highest BCUT2D eigenvalue weighted by Crippen LogP contribution is 2.15. The SMILES string of the molecule is CN(C)c1ccc(/C=C/C(=O)c2ccc(OCCOCCOCC[18F])cc2)cc1. The van der Waals surface area contributed by atoms with Crippen molar-refractivity contribution in [3.63, 3.8) is 0 Å². The molecule has 0 spiro atoms. The largest absolute Gasteiger partial charge is 0.491 e. The Labute approximate surface area is 171 Å². The summed E-state index contributed by atoms with van der Waals surface area (Å²) in [5, 5.41) is 0. The molecule has 0 aliphatic heterocycles. The summed E-state index contributed by atoms with van der Waals surface area (Å²) in [6.07, 6.45) is 3.38. The van der Waals surface area contributed by atoms with E-state index in [1.54, 1.807) is 36.4 Å². The van der Waals surface area contributed by atoms with Crippen LogP contribution < -0.4 is 9.64 Å². The van der Waals surface area contributed by atoms with E-state index in [4.69, 9.17) is 14.2 Å². The lowest BCUT2D eigenvalue weighted by Gasteiger charge is -2.11. The van der Waals surface area contributed by atoms with Crippen LogP contribution >= 0.6 is 0 Å². The molecule has 2 aromatic carbocycles. The van der Waals surface area contributed by atoms with Gasteiger partial charge in [0.1, 0.15) is 19.0 Å². The second kappa shape index (κ2) is 12.7. The van der Waals surface area contributed by atoms with Gasteiger partial charge in [0.05, 0.1) is 26.4 Å². The summed E-state index contributed by atoms with van der Waals surface area (Å²) in [6, 6.07) is 15.0. The monoisotopic (exact) mass is 400 g/mol. The van der Waals surface area contributed by atoms with Crippen LogP contribution in [0.5, 0.6) is 5.75 Å². The molecule has 0 aliphatic carbocycles. The molecule has 0 atom stereocenters. The Balaban J connectivity index is 1.73. The van der Waals surface area contributed by atoms with Crippen LogP contribution in [0, 0.1) is 0 Å². The highest BCUT2D eigenvalue weighted by atomic mass is 18.2. The lowest BCUT2D eigenvalue weighted by atomic mass is 10.1. The second-order valence-corrected chi connectivity index (χ2v) is 6.47. The quantitative estimate of drug-likeness (QED) is 0.289. The molecule has 0 unspecified atom stereocenters. The average Bonchev–Trinajstić information content (AvgIpc) is 2.74. The van der Waals surface area contributed by atoms with Crippen LogP contribution in [-0.4, -0.2) is 59.6 Å². The summed E-state index contributed by atoms with van der Waals surface area (Å²) >= 11 is 0. The van der Waals surface area contributed by atoms with E-state index in [2.05, 4.69) is 0 Å². The van der Waals surface area contributed by atoms with Crippen molar-refractivity contribution in [2.24, 2.45) is 0 Å². The van der Waals surface area contributed by atoms with E-state index in [1.165, 1.54) is 0 Å². The maximum absolute atomic E-state index is 12.3. The van der Waals surface area contributed by atoms with Gasteiger partial charge >= 0.3 is 0 Å². The fraction of sp³-hybridized carbons (Fsp3) is 0.348.